The Morgan fingerprint density at radius 2 is 0.476 bits per heavy atom. The van der Waals surface area contributed by atoms with Crippen LogP contribution in [0.4, 0.5) is 0 Å². The minimum Gasteiger partial charge on any atom is -0.462 e. The van der Waals surface area contributed by atoms with Crippen molar-refractivity contribution in [1.29, 1.82) is 0 Å². The lowest BCUT2D eigenvalue weighted by atomic mass is 10.1. The van der Waals surface area contributed by atoms with Crippen molar-refractivity contribution >= 4 is 17.9 Å². The van der Waals surface area contributed by atoms with E-state index in [2.05, 4.69) is 215 Å². The average Bonchev–Trinajstić information content (AvgIpc) is 3.47. The Hall–Kier alpha value is -5.75. The minimum absolute atomic E-state index is 0.113. The molecule has 6 nitrogen and oxygen atoms in total. The standard InChI is InChI=1S/C76H116O6/c1-4-7-10-13-16-19-21-23-25-27-29-31-33-35-37-38-40-41-43-45-47-49-51-53-55-57-60-63-66-69-75(78)81-72-73(71-80-74(77)68-65-62-59-18-15-12-9-6-3)82-76(79)70-67-64-61-58-56-54-52-50-48-46-44-42-39-36-34-32-30-28-26-24-22-20-17-14-11-8-5-2/h7-8,10-11,16-17,19-20,23-26,29-32,35-37,39-41,44-47,50-53,56,58,73H,4-6,9,12-15,18,21-22,27-28,33-34,38,42-43,48-49,54-55,57,59-72H2,1-3H3/b10-7-,11-8-,19-16-,20-17-,25-23-,26-24-,31-29-,32-30-,37-35-,39-36-,41-40-,46-44-,47-45-,52-50-,53-51-,58-56-. The van der Waals surface area contributed by atoms with E-state index in [9.17, 15) is 14.4 Å². The van der Waals surface area contributed by atoms with Gasteiger partial charge in [0.1, 0.15) is 13.2 Å². The Morgan fingerprint density at radius 3 is 0.768 bits per heavy atom. The average molecular weight is 1130 g/mol. The summed E-state index contributed by atoms with van der Waals surface area (Å²) in [6, 6.07) is 0. The van der Waals surface area contributed by atoms with Crippen LogP contribution in [0.15, 0.2) is 194 Å². The van der Waals surface area contributed by atoms with Crippen molar-refractivity contribution in [3.05, 3.63) is 194 Å². The van der Waals surface area contributed by atoms with E-state index in [1.54, 1.807) is 0 Å². The molecule has 6 heteroatoms. The fraction of sp³-hybridized carbons (Fsp3) is 0.539. The van der Waals surface area contributed by atoms with Gasteiger partial charge < -0.3 is 14.2 Å². The van der Waals surface area contributed by atoms with Crippen molar-refractivity contribution in [2.75, 3.05) is 13.2 Å². The first kappa shape index (κ1) is 76.2. The minimum atomic E-state index is -0.822. The lowest BCUT2D eigenvalue weighted by Gasteiger charge is -2.18. The van der Waals surface area contributed by atoms with Crippen LogP contribution in [0.25, 0.3) is 0 Å². The third-order valence-corrected chi connectivity index (χ3v) is 12.8. The van der Waals surface area contributed by atoms with Gasteiger partial charge in [-0.25, -0.2) is 0 Å². The lowest BCUT2D eigenvalue weighted by molar-refractivity contribution is -0.167. The summed E-state index contributed by atoms with van der Waals surface area (Å²) in [5, 5.41) is 0. The highest BCUT2D eigenvalue weighted by Gasteiger charge is 2.19. The molecule has 0 aromatic heterocycles. The van der Waals surface area contributed by atoms with Crippen LogP contribution in [0.1, 0.15) is 245 Å². The molecule has 0 rings (SSSR count). The summed E-state index contributed by atoms with van der Waals surface area (Å²) >= 11 is 0. The maximum atomic E-state index is 12.9. The SMILES string of the molecule is CC/C=C\C/C=C\C/C=C\C/C=C\C/C=C\C/C=C\C/C=C\C/C=C\CCCCCCC(=O)OCC(COC(=O)CCCCCCCCCC)OC(=O)CCCC/C=C\C/C=C\C/C=C\C/C=C\C/C=C\C/C=C\C/C=C\C/C=C\CC. The highest BCUT2D eigenvalue weighted by atomic mass is 16.6. The number of esters is 3. The quantitative estimate of drug-likeness (QED) is 0.0261. The van der Waals surface area contributed by atoms with E-state index in [0.717, 1.165) is 167 Å². The first-order valence-electron chi connectivity index (χ1n) is 32.4. The molecule has 0 radical (unpaired) electrons. The van der Waals surface area contributed by atoms with Crippen LogP contribution in [0.2, 0.25) is 0 Å². The molecule has 0 bridgehead atoms. The largest absolute Gasteiger partial charge is 0.462 e. The third kappa shape index (κ3) is 65.1. The lowest BCUT2D eigenvalue weighted by Crippen LogP contribution is -2.30. The topological polar surface area (TPSA) is 78.9 Å². The smallest absolute Gasteiger partial charge is 0.306 e. The fourth-order valence-corrected chi connectivity index (χ4v) is 8.06. The number of rotatable bonds is 56. The van der Waals surface area contributed by atoms with Crippen molar-refractivity contribution in [1.82, 2.24) is 0 Å². The van der Waals surface area contributed by atoms with Gasteiger partial charge in [0, 0.05) is 19.3 Å². The monoisotopic (exact) mass is 1120 g/mol. The van der Waals surface area contributed by atoms with Gasteiger partial charge in [-0.05, 0) is 148 Å². The van der Waals surface area contributed by atoms with E-state index < -0.39 is 6.10 Å². The summed E-state index contributed by atoms with van der Waals surface area (Å²) in [6.45, 7) is 6.30. The molecule has 0 amide bonds. The maximum absolute atomic E-state index is 12.9. The molecule has 0 aliphatic carbocycles. The zero-order valence-electron chi connectivity index (χ0n) is 52.2. The van der Waals surface area contributed by atoms with Gasteiger partial charge in [-0.15, -0.1) is 0 Å². The molecule has 0 aromatic rings. The van der Waals surface area contributed by atoms with Gasteiger partial charge in [-0.1, -0.05) is 273 Å². The van der Waals surface area contributed by atoms with E-state index >= 15 is 0 Å². The molecule has 0 spiro atoms. The van der Waals surface area contributed by atoms with E-state index in [1.165, 1.54) is 32.1 Å². The Morgan fingerprint density at radius 1 is 0.256 bits per heavy atom. The molecule has 0 aliphatic heterocycles. The first-order valence-corrected chi connectivity index (χ1v) is 32.4. The zero-order chi connectivity index (χ0) is 59.2. The van der Waals surface area contributed by atoms with Crippen molar-refractivity contribution in [2.45, 2.75) is 252 Å². The molecule has 0 aromatic carbocycles. The second-order valence-corrected chi connectivity index (χ2v) is 20.6. The highest BCUT2D eigenvalue weighted by Crippen LogP contribution is 2.13. The number of hydrogen-bond donors (Lipinski definition) is 0. The summed E-state index contributed by atoms with van der Waals surface area (Å²) in [4.78, 5) is 38.1. The Bertz CT molecular complexity index is 1970. The molecule has 82 heavy (non-hydrogen) atoms. The number of ether oxygens (including phenoxy) is 3. The number of allylic oxidation sites excluding steroid dienone is 32. The van der Waals surface area contributed by atoms with Crippen molar-refractivity contribution < 1.29 is 28.6 Å². The fourth-order valence-electron chi connectivity index (χ4n) is 8.06. The number of carbonyl (C=O) groups is 3. The van der Waals surface area contributed by atoms with Crippen molar-refractivity contribution in [3.63, 3.8) is 0 Å². The number of carbonyl (C=O) groups excluding carboxylic acids is 3. The summed E-state index contributed by atoms with van der Waals surface area (Å²) in [5.74, 6) is -0.998. The van der Waals surface area contributed by atoms with Gasteiger partial charge in [-0.3, -0.25) is 14.4 Å². The summed E-state index contributed by atoms with van der Waals surface area (Å²) in [7, 11) is 0. The van der Waals surface area contributed by atoms with Gasteiger partial charge in [0.25, 0.3) is 0 Å². The maximum Gasteiger partial charge on any atom is 0.306 e. The molecule has 0 aliphatic rings. The third-order valence-electron chi connectivity index (χ3n) is 12.8. The van der Waals surface area contributed by atoms with Crippen molar-refractivity contribution in [3.8, 4) is 0 Å². The predicted molar refractivity (Wildman–Crippen MR) is 357 cm³/mol. The second-order valence-electron chi connectivity index (χ2n) is 20.6. The van der Waals surface area contributed by atoms with Crippen LogP contribution in [0.3, 0.4) is 0 Å². The summed E-state index contributed by atoms with van der Waals surface area (Å²) in [6.07, 6.45) is 103. The summed E-state index contributed by atoms with van der Waals surface area (Å²) < 4.78 is 16.8. The van der Waals surface area contributed by atoms with Gasteiger partial charge in [0.2, 0.25) is 0 Å². The van der Waals surface area contributed by atoms with Crippen LogP contribution in [-0.4, -0.2) is 37.2 Å². The Labute approximate surface area is 503 Å². The van der Waals surface area contributed by atoms with E-state index in [1.807, 2.05) is 0 Å². The van der Waals surface area contributed by atoms with Gasteiger partial charge in [-0.2, -0.15) is 0 Å². The van der Waals surface area contributed by atoms with Gasteiger partial charge in [0.05, 0.1) is 0 Å². The van der Waals surface area contributed by atoms with Crippen LogP contribution in [0, 0.1) is 0 Å². The Kier molecular flexibility index (Phi) is 63.0. The first-order chi connectivity index (χ1) is 40.5. The highest BCUT2D eigenvalue weighted by molar-refractivity contribution is 5.71. The van der Waals surface area contributed by atoms with Gasteiger partial charge >= 0.3 is 17.9 Å². The Balaban J connectivity index is 4.39. The van der Waals surface area contributed by atoms with Crippen LogP contribution in [-0.2, 0) is 28.6 Å². The predicted octanol–water partition coefficient (Wildman–Crippen LogP) is 22.6. The van der Waals surface area contributed by atoms with Crippen LogP contribution < -0.4 is 0 Å². The van der Waals surface area contributed by atoms with E-state index in [-0.39, 0.29) is 37.5 Å². The normalized spacial score (nSPS) is 13.5. The second kappa shape index (κ2) is 67.8. The molecule has 1 unspecified atom stereocenters. The molecule has 0 N–H and O–H groups in total. The molecule has 0 fully saturated rings. The molecule has 0 saturated carbocycles. The summed E-state index contributed by atoms with van der Waals surface area (Å²) in [5.41, 5.74) is 0. The molecule has 0 heterocycles. The van der Waals surface area contributed by atoms with E-state index in [0.29, 0.717) is 19.3 Å². The van der Waals surface area contributed by atoms with Gasteiger partial charge in [0.15, 0.2) is 6.10 Å². The molecule has 1 atom stereocenters. The zero-order valence-corrected chi connectivity index (χ0v) is 52.2. The van der Waals surface area contributed by atoms with Crippen LogP contribution in [0.5, 0.6) is 0 Å². The van der Waals surface area contributed by atoms with Crippen LogP contribution >= 0.6 is 0 Å². The number of hydrogen-bond acceptors (Lipinski definition) is 6. The molecule has 0 saturated heterocycles. The molecule has 456 valence electrons. The van der Waals surface area contributed by atoms with E-state index in [4.69, 9.17) is 14.2 Å². The van der Waals surface area contributed by atoms with Crippen molar-refractivity contribution in [2.24, 2.45) is 0 Å². The molecular weight excluding hydrogens is 1010 g/mol. The number of unbranched alkanes of at least 4 members (excludes halogenated alkanes) is 13. The molecular formula is C76H116O6.